The first-order valence-corrected chi connectivity index (χ1v) is 8.10. The molecular formula is C17H20N2O4. The quantitative estimate of drug-likeness (QED) is 0.550. The molecule has 2 saturated heterocycles. The van der Waals surface area contributed by atoms with Crippen molar-refractivity contribution in [3.63, 3.8) is 0 Å². The van der Waals surface area contributed by atoms with Gasteiger partial charge in [0.2, 0.25) is 0 Å². The molecule has 0 saturated carbocycles. The Morgan fingerprint density at radius 2 is 1.83 bits per heavy atom. The van der Waals surface area contributed by atoms with Crippen LogP contribution in [0.2, 0.25) is 0 Å². The maximum Gasteiger partial charge on any atom is 0.303 e. The maximum atomic E-state index is 13.0. The number of carbonyl (C=O) groups is 3. The lowest BCUT2D eigenvalue weighted by Gasteiger charge is -2.32. The van der Waals surface area contributed by atoms with Crippen molar-refractivity contribution in [2.75, 3.05) is 19.6 Å². The average Bonchev–Trinajstić information content (AvgIpc) is 3.15. The Balaban J connectivity index is 1.75. The molecule has 2 fully saturated rings. The largest absolute Gasteiger partial charge is 0.456 e. The van der Waals surface area contributed by atoms with Gasteiger partial charge in [-0.05, 0) is 19.4 Å². The number of carbonyl (C=O) groups excluding carboxylic acids is 3. The number of hydrogen-bond acceptors (Lipinski definition) is 6. The zero-order chi connectivity index (χ0) is 16.5. The molecule has 0 spiro atoms. The van der Waals surface area contributed by atoms with Gasteiger partial charge in [0, 0.05) is 38.6 Å². The predicted octanol–water partition coefficient (Wildman–Crippen LogP) is 0.638. The van der Waals surface area contributed by atoms with Crippen molar-refractivity contribution in [2.45, 2.75) is 39.3 Å². The van der Waals surface area contributed by atoms with Gasteiger partial charge in [-0.1, -0.05) is 0 Å². The molecule has 23 heavy (non-hydrogen) atoms. The summed E-state index contributed by atoms with van der Waals surface area (Å²) in [6.45, 7) is 7.40. The summed E-state index contributed by atoms with van der Waals surface area (Å²) in [4.78, 5) is 41.2. The SMILES string of the molecule is CC(=O)OC1CCN2C1=C(C)C1C(=O)C(N3CC3)=C(C)C(=O)C12. The number of ether oxygens (including phenoxy) is 1. The minimum Gasteiger partial charge on any atom is -0.456 e. The standard InChI is InChI=1S/C17H20N2O4/c1-8-12-15(19-5-4-11(13(8)19)23-10(3)20)16(21)9(2)14(17(12)22)18-6-7-18/h11-12,15H,4-7H2,1-3H3. The molecule has 3 aliphatic heterocycles. The Morgan fingerprint density at radius 3 is 2.43 bits per heavy atom. The highest BCUT2D eigenvalue weighted by molar-refractivity contribution is 6.16. The fourth-order valence-electron chi connectivity index (χ4n) is 4.33. The van der Waals surface area contributed by atoms with Crippen LogP contribution in [-0.2, 0) is 19.1 Å². The van der Waals surface area contributed by atoms with Crippen LogP contribution in [-0.4, -0.2) is 59.1 Å². The van der Waals surface area contributed by atoms with Crippen molar-refractivity contribution in [1.29, 1.82) is 0 Å². The lowest BCUT2D eigenvalue weighted by atomic mass is 9.78. The zero-order valence-electron chi connectivity index (χ0n) is 13.6. The molecule has 0 bridgehead atoms. The summed E-state index contributed by atoms with van der Waals surface area (Å²) in [6.07, 6.45) is 0.349. The number of esters is 1. The highest BCUT2D eigenvalue weighted by atomic mass is 16.5. The molecule has 1 aliphatic carbocycles. The van der Waals surface area contributed by atoms with Crippen molar-refractivity contribution >= 4 is 17.5 Å². The molecular weight excluding hydrogens is 296 g/mol. The molecule has 0 aromatic heterocycles. The highest BCUT2D eigenvalue weighted by Gasteiger charge is 2.55. The summed E-state index contributed by atoms with van der Waals surface area (Å²) < 4.78 is 5.40. The number of nitrogens with zero attached hydrogens (tertiary/aromatic N) is 2. The Hall–Kier alpha value is -2.11. The van der Waals surface area contributed by atoms with Crippen LogP contribution < -0.4 is 0 Å². The molecule has 0 radical (unpaired) electrons. The minimum absolute atomic E-state index is 0.0364. The van der Waals surface area contributed by atoms with E-state index in [1.54, 1.807) is 6.92 Å². The molecule has 6 heteroatoms. The summed E-state index contributed by atoms with van der Waals surface area (Å²) in [6, 6.07) is -0.443. The Morgan fingerprint density at radius 1 is 1.13 bits per heavy atom. The maximum absolute atomic E-state index is 13.0. The van der Waals surface area contributed by atoms with Crippen LogP contribution in [0.4, 0.5) is 0 Å². The first-order valence-electron chi connectivity index (χ1n) is 8.10. The van der Waals surface area contributed by atoms with E-state index in [4.69, 9.17) is 4.74 Å². The van der Waals surface area contributed by atoms with Gasteiger partial charge in [0.15, 0.2) is 11.6 Å². The van der Waals surface area contributed by atoms with Crippen LogP contribution in [0.15, 0.2) is 22.5 Å². The summed E-state index contributed by atoms with van der Waals surface area (Å²) in [5, 5.41) is 0. The van der Waals surface area contributed by atoms with Crippen LogP contribution in [0.3, 0.4) is 0 Å². The van der Waals surface area contributed by atoms with Crippen LogP contribution in [0.5, 0.6) is 0 Å². The van der Waals surface area contributed by atoms with Gasteiger partial charge in [-0.3, -0.25) is 14.4 Å². The summed E-state index contributed by atoms with van der Waals surface area (Å²) >= 11 is 0. The van der Waals surface area contributed by atoms with E-state index < -0.39 is 12.0 Å². The lowest BCUT2D eigenvalue weighted by Crippen LogP contribution is -2.48. The fraction of sp³-hybridized carbons (Fsp3) is 0.588. The topological polar surface area (TPSA) is 66.7 Å². The molecule has 3 heterocycles. The second-order valence-electron chi connectivity index (χ2n) is 6.76. The molecule has 3 unspecified atom stereocenters. The van der Waals surface area contributed by atoms with Gasteiger partial charge >= 0.3 is 5.97 Å². The van der Waals surface area contributed by atoms with Crippen molar-refractivity contribution in [3.05, 3.63) is 22.5 Å². The highest BCUT2D eigenvalue weighted by Crippen LogP contribution is 2.46. The average molecular weight is 316 g/mol. The molecule has 6 nitrogen and oxygen atoms in total. The predicted molar refractivity (Wildman–Crippen MR) is 81.1 cm³/mol. The molecule has 0 N–H and O–H groups in total. The Kier molecular flexibility index (Phi) is 2.95. The van der Waals surface area contributed by atoms with Crippen molar-refractivity contribution in [3.8, 4) is 0 Å². The molecule has 4 aliphatic rings. The van der Waals surface area contributed by atoms with Crippen LogP contribution in [0.25, 0.3) is 0 Å². The van der Waals surface area contributed by atoms with Gasteiger partial charge in [-0.15, -0.1) is 0 Å². The minimum atomic E-state index is -0.443. The summed E-state index contributed by atoms with van der Waals surface area (Å²) in [7, 11) is 0. The van der Waals surface area contributed by atoms with Crippen molar-refractivity contribution in [2.24, 2.45) is 5.92 Å². The monoisotopic (exact) mass is 316 g/mol. The zero-order valence-corrected chi connectivity index (χ0v) is 13.6. The second kappa shape index (κ2) is 4.69. The first-order chi connectivity index (χ1) is 10.9. The van der Waals surface area contributed by atoms with Crippen molar-refractivity contribution in [1.82, 2.24) is 9.80 Å². The van der Waals surface area contributed by atoms with E-state index in [1.165, 1.54) is 6.92 Å². The van der Waals surface area contributed by atoms with E-state index in [1.807, 2.05) is 16.7 Å². The van der Waals surface area contributed by atoms with E-state index in [-0.39, 0.29) is 23.6 Å². The fourth-order valence-corrected chi connectivity index (χ4v) is 4.33. The second-order valence-corrected chi connectivity index (χ2v) is 6.76. The van der Waals surface area contributed by atoms with Gasteiger partial charge in [-0.2, -0.15) is 0 Å². The van der Waals surface area contributed by atoms with E-state index in [0.29, 0.717) is 24.2 Å². The smallest absolute Gasteiger partial charge is 0.303 e. The van der Waals surface area contributed by atoms with Crippen LogP contribution in [0, 0.1) is 5.92 Å². The van der Waals surface area contributed by atoms with Gasteiger partial charge in [-0.25, -0.2) is 0 Å². The third kappa shape index (κ3) is 1.90. The lowest BCUT2D eigenvalue weighted by molar-refractivity contribution is -0.144. The summed E-state index contributed by atoms with van der Waals surface area (Å²) in [5.41, 5.74) is 2.95. The number of rotatable bonds is 2. The van der Waals surface area contributed by atoms with Crippen molar-refractivity contribution < 1.29 is 19.1 Å². The van der Waals surface area contributed by atoms with Crippen LogP contribution >= 0.6 is 0 Å². The molecule has 122 valence electrons. The third-order valence-corrected chi connectivity index (χ3v) is 5.35. The normalized spacial score (nSPS) is 32.6. The molecule has 3 atom stereocenters. The summed E-state index contributed by atoms with van der Waals surface area (Å²) in [5.74, 6) is -0.668. The number of hydrogen-bond donors (Lipinski definition) is 0. The van der Waals surface area contributed by atoms with Gasteiger partial charge in [0.1, 0.15) is 12.1 Å². The number of allylic oxidation sites excluding steroid dienone is 1. The van der Waals surface area contributed by atoms with E-state index >= 15 is 0 Å². The number of Topliss-reactive ketones (excluding diaryl/α,β-unsaturated/α-hetero) is 2. The first kappa shape index (κ1) is 14.5. The van der Waals surface area contributed by atoms with E-state index in [9.17, 15) is 14.4 Å². The molecule has 4 rings (SSSR count). The van der Waals surface area contributed by atoms with E-state index in [2.05, 4.69) is 0 Å². The van der Waals surface area contributed by atoms with E-state index in [0.717, 1.165) is 24.4 Å². The Labute approximate surface area is 134 Å². The van der Waals surface area contributed by atoms with Crippen LogP contribution in [0.1, 0.15) is 27.2 Å². The van der Waals surface area contributed by atoms with Gasteiger partial charge in [0.25, 0.3) is 0 Å². The molecule has 0 amide bonds. The van der Waals surface area contributed by atoms with Gasteiger partial charge < -0.3 is 14.5 Å². The molecule has 0 aromatic carbocycles. The number of ketones is 2. The number of fused-ring (bicyclic) bond motifs is 3. The van der Waals surface area contributed by atoms with Gasteiger partial charge in [0.05, 0.1) is 17.3 Å². The molecule has 0 aromatic rings. The Bertz CT molecular complexity index is 701. The third-order valence-electron chi connectivity index (χ3n) is 5.35.